The lowest BCUT2D eigenvalue weighted by atomic mass is 10.1. The van der Waals surface area contributed by atoms with E-state index in [-0.39, 0.29) is 24.3 Å². The molecule has 0 bridgehead atoms. The van der Waals surface area contributed by atoms with Crippen LogP contribution in [0.3, 0.4) is 0 Å². The second-order valence-corrected chi connectivity index (χ2v) is 7.15. The summed E-state index contributed by atoms with van der Waals surface area (Å²) in [4.78, 5) is 30.2. The number of carbonyl (C=O) groups excluding carboxylic acids is 2. The fourth-order valence-corrected chi connectivity index (χ4v) is 4.03. The monoisotopic (exact) mass is 349 g/mol. The summed E-state index contributed by atoms with van der Waals surface area (Å²) >= 11 is 1.60. The molecule has 5 nitrogen and oxygen atoms in total. The summed E-state index contributed by atoms with van der Waals surface area (Å²) in [7, 11) is 0. The average molecular weight is 349 g/mol. The molecule has 2 fully saturated rings. The molecule has 2 amide bonds. The van der Waals surface area contributed by atoms with E-state index in [1.54, 1.807) is 26.5 Å². The molecule has 2 unspecified atom stereocenters. The van der Waals surface area contributed by atoms with Gasteiger partial charge in [-0.2, -0.15) is 0 Å². The van der Waals surface area contributed by atoms with Gasteiger partial charge in [-0.15, -0.1) is 11.8 Å². The third kappa shape index (κ3) is 4.56. The number of nitrogens with zero attached hydrogens (tertiary/aromatic N) is 3. The predicted molar refractivity (Wildman–Crippen MR) is 86.4 cm³/mol. The van der Waals surface area contributed by atoms with Gasteiger partial charge >= 0.3 is 0 Å². The van der Waals surface area contributed by atoms with Gasteiger partial charge in [-0.25, -0.2) is 8.78 Å². The van der Waals surface area contributed by atoms with Crippen molar-refractivity contribution < 1.29 is 18.4 Å². The topological polar surface area (TPSA) is 43.9 Å². The molecule has 0 aromatic carbocycles. The number of rotatable bonds is 5. The molecule has 2 aliphatic heterocycles. The van der Waals surface area contributed by atoms with Crippen molar-refractivity contribution in [3.05, 3.63) is 0 Å². The van der Waals surface area contributed by atoms with Gasteiger partial charge in [-0.1, -0.05) is 13.8 Å². The van der Waals surface area contributed by atoms with E-state index < -0.39 is 12.5 Å². The first kappa shape index (κ1) is 18.4. The number of halogens is 2. The molecule has 23 heavy (non-hydrogen) atoms. The van der Waals surface area contributed by atoms with Gasteiger partial charge in [0.25, 0.3) is 6.43 Å². The van der Waals surface area contributed by atoms with Crippen LogP contribution in [-0.2, 0) is 9.59 Å². The number of amides is 2. The van der Waals surface area contributed by atoms with Crippen LogP contribution in [0.15, 0.2) is 0 Å². The van der Waals surface area contributed by atoms with Crippen molar-refractivity contribution in [2.45, 2.75) is 32.7 Å². The van der Waals surface area contributed by atoms with Crippen molar-refractivity contribution in [2.24, 2.45) is 5.92 Å². The summed E-state index contributed by atoms with van der Waals surface area (Å²) in [5.74, 6) is 1.10. The Morgan fingerprint density at radius 2 is 1.87 bits per heavy atom. The Labute approximate surface area is 140 Å². The van der Waals surface area contributed by atoms with Crippen LogP contribution in [0.4, 0.5) is 8.78 Å². The first-order valence-corrected chi connectivity index (χ1v) is 9.27. The van der Waals surface area contributed by atoms with Crippen LogP contribution in [0.1, 0.15) is 20.3 Å². The zero-order valence-corrected chi connectivity index (χ0v) is 14.5. The lowest BCUT2D eigenvalue weighted by molar-refractivity contribution is -0.146. The molecule has 0 N–H and O–H groups in total. The fraction of sp³-hybridized carbons (Fsp3) is 0.867. The number of alkyl halides is 2. The third-order valence-electron chi connectivity index (χ3n) is 4.56. The molecule has 0 spiro atoms. The van der Waals surface area contributed by atoms with Crippen molar-refractivity contribution >= 4 is 23.6 Å². The maximum Gasteiger partial charge on any atom is 0.251 e. The molecular formula is C15H25F2N3O2S. The number of thioether (sulfide) groups is 1. The van der Waals surface area contributed by atoms with Crippen LogP contribution in [-0.4, -0.2) is 83.3 Å². The molecule has 2 saturated heterocycles. The SMILES string of the molecule is CCC(C)C(=O)N1CSCC1C(=O)N1CCN(CC(F)F)CC1. The molecular weight excluding hydrogens is 324 g/mol. The Bertz CT molecular complexity index is 431. The summed E-state index contributed by atoms with van der Waals surface area (Å²) in [5, 5.41) is 0. The highest BCUT2D eigenvalue weighted by molar-refractivity contribution is 7.99. The summed E-state index contributed by atoms with van der Waals surface area (Å²) in [5.41, 5.74) is 0. The van der Waals surface area contributed by atoms with Gasteiger partial charge in [0, 0.05) is 37.8 Å². The zero-order chi connectivity index (χ0) is 17.0. The lowest BCUT2D eigenvalue weighted by Crippen LogP contribution is -2.56. The summed E-state index contributed by atoms with van der Waals surface area (Å²) in [6.07, 6.45) is -1.58. The highest BCUT2D eigenvalue weighted by Gasteiger charge is 2.38. The van der Waals surface area contributed by atoms with Crippen LogP contribution in [0.5, 0.6) is 0 Å². The molecule has 0 aromatic heterocycles. The van der Waals surface area contributed by atoms with Gasteiger partial charge in [0.2, 0.25) is 11.8 Å². The normalized spacial score (nSPS) is 24.3. The minimum Gasteiger partial charge on any atom is -0.338 e. The molecule has 2 aliphatic rings. The molecule has 2 atom stereocenters. The highest BCUT2D eigenvalue weighted by atomic mass is 32.2. The van der Waals surface area contributed by atoms with Crippen LogP contribution >= 0.6 is 11.8 Å². The minimum atomic E-state index is -2.34. The summed E-state index contributed by atoms with van der Waals surface area (Å²) in [6.45, 7) is 5.46. The number of hydrogen-bond donors (Lipinski definition) is 0. The molecule has 0 radical (unpaired) electrons. The summed E-state index contributed by atoms with van der Waals surface area (Å²) in [6, 6.07) is -0.400. The van der Waals surface area contributed by atoms with E-state index in [4.69, 9.17) is 0 Å². The largest absolute Gasteiger partial charge is 0.338 e. The first-order chi connectivity index (χ1) is 10.9. The Balaban J connectivity index is 1.91. The van der Waals surface area contributed by atoms with E-state index in [1.807, 2.05) is 13.8 Å². The second kappa shape index (κ2) is 8.28. The highest BCUT2D eigenvalue weighted by Crippen LogP contribution is 2.25. The molecule has 132 valence electrons. The van der Waals surface area contributed by atoms with Gasteiger partial charge in [0.05, 0.1) is 12.4 Å². The van der Waals surface area contributed by atoms with Crippen LogP contribution in [0.2, 0.25) is 0 Å². The molecule has 2 heterocycles. The maximum atomic E-state index is 12.7. The van der Waals surface area contributed by atoms with Crippen molar-refractivity contribution in [3.8, 4) is 0 Å². The van der Waals surface area contributed by atoms with E-state index in [2.05, 4.69) is 0 Å². The summed E-state index contributed by atoms with van der Waals surface area (Å²) < 4.78 is 24.8. The van der Waals surface area contributed by atoms with Crippen molar-refractivity contribution in [2.75, 3.05) is 44.4 Å². The van der Waals surface area contributed by atoms with E-state index in [0.29, 0.717) is 37.8 Å². The Morgan fingerprint density at radius 3 is 2.43 bits per heavy atom. The number of hydrogen-bond acceptors (Lipinski definition) is 4. The van der Waals surface area contributed by atoms with Gasteiger partial charge < -0.3 is 9.80 Å². The lowest BCUT2D eigenvalue weighted by Gasteiger charge is -2.37. The molecule has 0 aliphatic carbocycles. The van der Waals surface area contributed by atoms with Crippen molar-refractivity contribution in [1.82, 2.24) is 14.7 Å². The maximum absolute atomic E-state index is 12.7. The van der Waals surface area contributed by atoms with Gasteiger partial charge in [-0.05, 0) is 6.42 Å². The third-order valence-corrected chi connectivity index (χ3v) is 5.58. The fourth-order valence-electron chi connectivity index (χ4n) is 2.88. The molecule has 2 rings (SSSR count). The Kier molecular flexibility index (Phi) is 6.64. The van der Waals surface area contributed by atoms with Crippen molar-refractivity contribution in [3.63, 3.8) is 0 Å². The van der Waals surface area contributed by atoms with E-state index in [1.165, 1.54) is 0 Å². The van der Waals surface area contributed by atoms with Crippen LogP contribution in [0.25, 0.3) is 0 Å². The standard InChI is InChI=1S/C15H25F2N3O2S/c1-3-11(2)14(21)20-10-23-9-12(20)15(22)19-6-4-18(5-7-19)8-13(16)17/h11-13H,3-10H2,1-2H3. The number of carbonyl (C=O) groups is 2. The average Bonchev–Trinajstić information content (AvgIpc) is 3.02. The van der Waals surface area contributed by atoms with E-state index in [0.717, 1.165) is 6.42 Å². The minimum absolute atomic E-state index is 0.0344. The molecule has 0 aromatic rings. The smallest absolute Gasteiger partial charge is 0.251 e. The van der Waals surface area contributed by atoms with Crippen LogP contribution in [0, 0.1) is 5.92 Å². The second-order valence-electron chi connectivity index (χ2n) is 6.15. The number of piperazine rings is 1. The van der Waals surface area contributed by atoms with Crippen LogP contribution < -0.4 is 0 Å². The van der Waals surface area contributed by atoms with E-state index >= 15 is 0 Å². The predicted octanol–water partition coefficient (Wildman–Crippen LogP) is 1.34. The Hall–Kier alpha value is -0.890. The molecule has 8 heteroatoms. The quantitative estimate of drug-likeness (QED) is 0.751. The molecule has 0 saturated carbocycles. The van der Waals surface area contributed by atoms with Crippen molar-refractivity contribution in [1.29, 1.82) is 0 Å². The van der Waals surface area contributed by atoms with E-state index in [9.17, 15) is 18.4 Å². The van der Waals surface area contributed by atoms with Gasteiger partial charge in [-0.3, -0.25) is 14.5 Å². The van der Waals surface area contributed by atoms with Gasteiger partial charge in [0.1, 0.15) is 6.04 Å². The first-order valence-electron chi connectivity index (χ1n) is 8.11. The van der Waals surface area contributed by atoms with Gasteiger partial charge in [0.15, 0.2) is 0 Å². The Morgan fingerprint density at radius 1 is 1.22 bits per heavy atom. The zero-order valence-electron chi connectivity index (χ0n) is 13.7.